The Kier molecular flexibility index (Phi) is 3.35. The minimum Gasteiger partial charge on any atom is -0.365 e. The summed E-state index contributed by atoms with van der Waals surface area (Å²) >= 11 is 0. The summed E-state index contributed by atoms with van der Waals surface area (Å²) in [5.41, 5.74) is 3.04. The van der Waals surface area contributed by atoms with Crippen LogP contribution in [0.15, 0.2) is 59.0 Å². The van der Waals surface area contributed by atoms with Gasteiger partial charge in [0.2, 0.25) is 0 Å². The van der Waals surface area contributed by atoms with Crippen LogP contribution in [0, 0.1) is 6.92 Å². The number of fused-ring (bicyclic) bond motifs is 1. The Bertz CT molecular complexity index is 837. The van der Waals surface area contributed by atoms with Gasteiger partial charge < -0.3 is 4.18 Å². The minimum atomic E-state index is -3.93. The molecule has 0 N–H and O–H groups in total. The molecule has 0 unspecified atom stereocenters. The molecule has 4 nitrogen and oxygen atoms in total. The quantitative estimate of drug-likeness (QED) is 0.856. The van der Waals surface area contributed by atoms with Gasteiger partial charge in [-0.25, -0.2) is 0 Å². The first kappa shape index (κ1) is 13.6. The highest BCUT2D eigenvalue weighted by Gasteiger charge is 2.23. The summed E-state index contributed by atoms with van der Waals surface area (Å²) in [6.07, 6.45) is 3.51. The molecule has 1 heterocycles. The van der Waals surface area contributed by atoms with Gasteiger partial charge in [-0.1, -0.05) is 48.0 Å². The molecule has 0 aliphatic carbocycles. The van der Waals surface area contributed by atoms with Gasteiger partial charge in [0.25, 0.3) is 0 Å². The first-order valence-corrected chi connectivity index (χ1v) is 7.78. The van der Waals surface area contributed by atoms with Crippen molar-refractivity contribution in [3.63, 3.8) is 0 Å². The van der Waals surface area contributed by atoms with Gasteiger partial charge in [-0.05, 0) is 30.7 Å². The van der Waals surface area contributed by atoms with E-state index >= 15 is 0 Å². The van der Waals surface area contributed by atoms with E-state index in [0.29, 0.717) is 17.0 Å². The van der Waals surface area contributed by atoms with E-state index in [1.807, 2.05) is 49.4 Å². The maximum atomic E-state index is 11.7. The van der Waals surface area contributed by atoms with Gasteiger partial charge in [-0.2, -0.15) is 8.42 Å². The number of nitrogens with zero attached hydrogens (tertiary/aromatic N) is 1. The fraction of sp³-hybridized carbons (Fsp3) is 0.0625. The molecule has 5 heteroatoms. The third kappa shape index (κ3) is 3.03. The van der Waals surface area contributed by atoms with Gasteiger partial charge in [0.05, 0.1) is 5.71 Å². The van der Waals surface area contributed by atoms with Crippen LogP contribution in [0.3, 0.4) is 0 Å². The first-order valence-electron chi connectivity index (χ1n) is 6.42. The fourth-order valence-electron chi connectivity index (χ4n) is 2.08. The van der Waals surface area contributed by atoms with Crippen LogP contribution in [0.1, 0.15) is 16.7 Å². The highest BCUT2D eigenvalue weighted by Crippen LogP contribution is 2.28. The van der Waals surface area contributed by atoms with E-state index in [-0.39, 0.29) is 0 Å². The molecule has 0 fully saturated rings. The lowest BCUT2D eigenvalue weighted by Crippen LogP contribution is -2.17. The Morgan fingerprint density at radius 1 is 1.05 bits per heavy atom. The maximum Gasteiger partial charge on any atom is 0.429 e. The van der Waals surface area contributed by atoms with Gasteiger partial charge in [0.15, 0.2) is 5.75 Å². The lowest BCUT2D eigenvalue weighted by Gasteiger charge is -2.15. The molecule has 0 spiro atoms. The van der Waals surface area contributed by atoms with Crippen molar-refractivity contribution in [3.8, 4) is 5.75 Å². The summed E-state index contributed by atoms with van der Waals surface area (Å²) in [6, 6.07) is 14.9. The zero-order valence-electron chi connectivity index (χ0n) is 11.4. The number of hydrogen-bond donors (Lipinski definition) is 0. The van der Waals surface area contributed by atoms with E-state index in [0.717, 1.165) is 11.1 Å². The van der Waals surface area contributed by atoms with Crippen molar-refractivity contribution < 1.29 is 12.6 Å². The summed E-state index contributed by atoms with van der Waals surface area (Å²) < 4.78 is 32.0. The Morgan fingerprint density at radius 3 is 2.57 bits per heavy atom. The predicted molar refractivity (Wildman–Crippen MR) is 82.7 cm³/mol. The van der Waals surface area contributed by atoms with Gasteiger partial charge in [0, 0.05) is 5.56 Å². The van der Waals surface area contributed by atoms with E-state index in [2.05, 4.69) is 4.40 Å². The highest BCUT2D eigenvalue weighted by molar-refractivity contribution is 7.86. The molecule has 0 aromatic heterocycles. The lowest BCUT2D eigenvalue weighted by molar-refractivity contribution is 0.485. The molecular formula is C16H13NO3S. The largest absolute Gasteiger partial charge is 0.429 e. The SMILES string of the molecule is Cc1ccc2c(c1)C(/C=C/c1ccccc1)=NS(=O)(=O)O2. The minimum absolute atomic E-state index is 0.309. The van der Waals surface area contributed by atoms with Crippen LogP contribution in [0.5, 0.6) is 5.75 Å². The fourth-order valence-corrected chi connectivity index (χ4v) is 2.89. The molecule has 1 aliphatic rings. The molecule has 21 heavy (non-hydrogen) atoms. The molecule has 0 atom stereocenters. The molecule has 0 bridgehead atoms. The molecule has 0 amide bonds. The molecule has 0 saturated carbocycles. The average Bonchev–Trinajstić information content (AvgIpc) is 2.46. The van der Waals surface area contributed by atoms with Crippen molar-refractivity contribution in [1.29, 1.82) is 0 Å². The standard InChI is InChI=1S/C16H13NO3S/c1-12-7-10-16-14(11-12)15(17-21(18,19)20-16)9-8-13-5-3-2-4-6-13/h2-11H,1H3/b9-8+. The third-order valence-electron chi connectivity index (χ3n) is 3.05. The van der Waals surface area contributed by atoms with E-state index in [1.165, 1.54) is 0 Å². The lowest BCUT2D eigenvalue weighted by atomic mass is 10.0. The number of hydrogen-bond acceptors (Lipinski definition) is 3. The number of benzene rings is 2. The Labute approximate surface area is 123 Å². The van der Waals surface area contributed by atoms with Gasteiger partial charge in [0.1, 0.15) is 0 Å². The van der Waals surface area contributed by atoms with Crippen LogP contribution in [0.25, 0.3) is 6.08 Å². The summed E-state index contributed by atoms with van der Waals surface area (Å²) in [6.45, 7) is 1.93. The van der Waals surface area contributed by atoms with Crippen LogP contribution in [0.2, 0.25) is 0 Å². The van der Waals surface area contributed by atoms with E-state index < -0.39 is 10.3 Å². The number of allylic oxidation sites excluding steroid dienone is 1. The van der Waals surface area contributed by atoms with Crippen LogP contribution in [-0.4, -0.2) is 14.1 Å². The smallest absolute Gasteiger partial charge is 0.365 e. The number of rotatable bonds is 2. The molecular weight excluding hydrogens is 286 g/mol. The normalized spacial score (nSPS) is 16.1. The van der Waals surface area contributed by atoms with Crippen molar-refractivity contribution >= 4 is 22.1 Å². The third-order valence-corrected chi connectivity index (χ3v) is 3.86. The zero-order chi connectivity index (χ0) is 14.9. The molecule has 106 valence electrons. The Balaban J connectivity index is 2.06. The molecule has 3 rings (SSSR count). The Hall–Kier alpha value is -2.40. The number of aryl methyl sites for hydroxylation is 1. The molecule has 2 aromatic rings. The van der Waals surface area contributed by atoms with Crippen molar-refractivity contribution in [2.75, 3.05) is 0 Å². The summed E-state index contributed by atoms with van der Waals surface area (Å²) in [7, 11) is -3.93. The second-order valence-corrected chi connectivity index (χ2v) is 5.94. The molecule has 2 aromatic carbocycles. The zero-order valence-corrected chi connectivity index (χ0v) is 12.2. The summed E-state index contributed by atoms with van der Waals surface area (Å²) in [5, 5.41) is 0. The maximum absolute atomic E-state index is 11.7. The highest BCUT2D eigenvalue weighted by atomic mass is 32.2. The van der Waals surface area contributed by atoms with E-state index in [4.69, 9.17) is 4.18 Å². The summed E-state index contributed by atoms with van der Waals surface area (Å²) in [4.78, 5) is 0. The van der Waals surface area contributed by atoms with Crippen molar-refractivity contribution in [2.45, 2.75) is 6.92 Å². The second kappa shape index (κ2) is 5.18. The van der Waals surface area contributed by atoms with Gasteiger partial charge in [-0.15, -0.1) is 4.40 Å². The Morgan fingerprint density at radius 2 is 1.81 bits per heavy atom. The first-order chi connectivity index (χ1) is 10.0. The second-order valence-electron chi connectivity index (χ2n) is 4.73. The molecule has 0 saturated heterocycles. The van der Waals surface area contributed by atoms with Crippen LogP contribution in [-0.2, 0) is 10.3 Å². The van der Waals surface area contributed by atoms with Crippen LogP contribution in [0.4, 0.5) is 0 Å². The van der Waals surface area contributed by atoms with Gasteiger partial charge in [-0.3, -0.25) is 0 Å². The summed E-state index contributed by atoms with van der Waals surface area (Å²) in [5.74, 6) is 0.309. The van der Waals surface area contributed by atoms with E-state index in [9.17, 15) is 8.42 Å². The van der Waals surface area contributed by atoms with Crippen molar-refractivity contribution in [1.82, 2.24) is 0 Å². The predicted octanol–water partition coefficient (Wildman–Crippen LogP) is 3.13. The van der Waals surface area contributed by atoms with Gasteiger partial charge >= 0.3 is 10.3 Å². The van der Waals surface area contributed by atoms with E-state index in [1.54, 1.807) is 18.2 Å². The topological polar surface area (TPSA) is 55.7 Å². The monoisotopic (exact) mass is 299 g/mol. The molecule has 1 aliphatic heterocycles. The molecule has 0 radical (unpaired) electrons. The van der Waals surface area contributed by atoms with Crippen LogP contribution < -0.4 is 4.18 Å². The van der Waals surface area contributed by atoms with Crippen LogP contribution >= 0.6 is 0 Å². The average molecular weight is 299 g/mol. The van der Waals surface area contributed by atoms with Crippen molar-refractivity contribution in [3.05, 3.63) is 71.3 Å². The van der Waals surface area contributed by atoms with Crippen molar-refractivity contribution in [2.24, 2.45) is 4.40 Å².